The summed E-state index contributed by atoms with van der Waals surface area (Å²) in [5, 5.41) is 24.4. The van der Waals surface area contributed by atoms with Gasteiger partial charge in [-0.1, -0.05) is 18.2 Å². The lowest BCUT2D eigenvalue weighted by atomic mass is 9.60. The molecule has 2 aromatic rings. The van der Waals surface area contributed by atoms with Crippen molar-refractivity contribution in [3.8, 4) is 11.1 Å². The van der Waals surface area contributed by atoms with Gasteiger partial charge in [0, 0.05) is 85.0 Å². The van der Waals surface area contributed by atoms with Crippen LogP contribution in [0.3, 0.4) is 0 Å². The Kier molecular flexibility index (Phi) is 7.30. The Balaban J connectivity index is 1.52. The van der Waals surface area contributed by atoms with Gasteiger partial charge in [0.15, 0.2) is 5.82 Å². The van der Waals surface area contributed by atoms with Gasteiger partial charge in [0.25, 0.3) is 0 Å². The molecule has 3 aliphatic rings. The average molecular weight is 568 g/mol. The third-order valence-corrected chi connectivity index (χ3v) is 9.35. The largest absolute Gasteiger partial charge is 0.398 e. The third kappa shape index (κ3) is 4.92. The average Bonchev–Trinajstić information content (AvgIpc) is 3.14. The number of hydrogen-bond acceptors (Lipinski definition) is 7. The number of β-amino-alcohol motifs (C(OH)–C–C–N with tert-alkyl or cyclic N) is 1. The van der Waals surface area contributed by atoms with Crippen LogP contribution in [0.5, 0.6) is 0 Å². The lowest BCUT2D eigenvalue weighted by molar-refractivity contribution is -0.149. The number of nitrogens with two attached hydrogens (primary N) is 1. The molecule has 2 saturated heterocycles. The Bertz CT molecular complexity index is 1350. The van der Waals surface area contributed by atoms with Gasteiger partial charge in [-0.3, -0.25) is 14.4 Å². The second-order valence-electron chi connectivity index (χ2n) is 12.8. The number of carbonyl (C=O) groups is 1. The number of nitrogens with zero attached hydrogens (tertiary/aromatic N) is 5. The van der Waals surface area contributed by atoms with Gasteiger partial charge in [-0.25, -0.2) is 0 Å². The molecule has 1 saturated carbocycles. The summed E-state index contributed by atoms with van der Waals surface area (Å²) in [5.74, 6) is 0.860. The Morgan fingerprint density at radius 3 is 2.55 bits per heavy atom. The van der Waals surface area contributed by atoms with Crippen molar-refractivity contribution in [2.45, 2.75) is 65.1 Å². The van der Waals surface area contributed by atoms with Crippen LogP contribution in [0, 0.1) is 24.7 Å². The minimum absolute atomic E-state index is 0.00233. The number of aromatic nitrogens is 2. The van der Waals surface area contributed by atoms with E-state index in [0.29, 0.717) is 22.8 Å². The molecule has 1 atom stereocenters. The molecule has 216 valence electrons. The number of benzene rings is 1. The molecular formula is C30H42ClN7O2. The maximum Gasteiger partial charge on any atom is 0.245 e. The highest BCUT2D eigenvalue weighted by Crippen LogP contribution is 2.55. The maximum atomic E-state index is 12.0. The molecule has 0 radical (unpaired) electrons. The van der Waals surface area contributed by atoms with Gasteiger partial charge in [-0.2, -0.15) is 5.10 Å². The predicted molar refractivity (Wildman–Crippen MR) is 161 cm³/mol. The molecule has 1 spiro atoms. The van der Waals surface area contributed by atoms with Gasteiger partial charge in [0.2, 0.25) is 5.91 Å². The SMILES string of the molecule is C=CC(=O)N1CC2(CC(n3nc(N4CCN(CC(C)(C)O)CC4C)c(-c4c(Cl)c(C)cc(N)c4C=N)c3C)C2)C1. The standard InChI is InChI=1S/C30H42ClN7O2/c1-7-24(39)36-16-30(17-36)11-21(12-30)38-20(4)25(26-22(13-32)23(33)10-18(2)27(26)31)28(34-38)37-9-8-35(14-19(37)3)15-29(5,6)40/h7,10,13,19,21,32,40H,1,8-9,11-12,14-17,33H2,2-6H3. The number of nitrogen functional groups attached to an aromatic ring is 1. The zero-order valence-electron chi connectivity index (χ0n) is 24.3. The molecule has 1 unspecified atom stereocenters. The molecule has 4 N–H and O–H groups in total. The van der Waals surface area contributed by atoms with E-state index in [4.69, 9.17) is 27.8 Å². The van der Waals surface area contributed by atoms with Crippen LogP contribution >= 0.6 is 11.6 Å². The highest BCUT2D eigenvalue weighted by atomic mass is 35.5. The summed E-state index contributed by atoms with van der Waals surface area (Å²) in [6.07, 6.45) is 4.61. The first-order valence-corrected chi connectivity index (χ1v) is 14.5. The van der Waals surface area contributed by atoms with E-state index in [1.54, 1.807) is 0 Å². The second kappa shape index (κ2) is 10.2. The van der Waals surface area contributed by atoms with Crippen molar-refractivity contribution < 1.29 is 9.90 Å². The molecule has 3 heterocycles. The number of anilines is 2. The normalized spacial score (nSPS) is 21.3. The molecule has 2 aliphatic heterocycles. The maximum absolute atomic E-state index is 12.0. The van der Waals surface area contributed by atoms with Gasteiger partial charge < -0.3 is 26.0 Å². The van der Waals surface area contributed by atoms with Crippen LogP contribution in [0.25, 0.3) is 11.1 Å². The first-order valence-electron chi connectivity index (χ1n) is 14.1. The van der Waals surface area contributed by atoms with Crippen molar-refractivity contribution >= 4 is 35.2 Å². The third-order valence-electron chi connectivity index (χ3n) is 8.86. The van der Waals surface area contributed by atoms with Gasteiger partial charge in [-0.15, -0.1) is 0 Å². The van der Waals surface area contributed by atoms with Crippen LogP contribution in [-0.4, -0.2) is 87.7 Å². The van der Waals surface area contributed by atoms with Crippen molar-refractivity contribution in [2.24, 2.45) is 5.41 Å². The number of aryl methyl sites for hydroxylation is 1. The van der Waals surface area contributed by atoms with Crippen molar-refractivity contribution in [3.63, 3.8) is 0 Å². The van der Waals surface area contributed by atoms with Crippen LogP contribution in [0.4, 0.5) is 11.5 Å². The van der Waals surface area contributed by atoms with Crippen LogP contribution in [0.15, 0.2) is 18.7 Å². The van der Waals surface area contributed by atoms with Crippen LogP contribution in [-0.2, 0) is 4.79 Å². The molecule has 1 amide bonds. The summed E-state index contributed by atoms with van der Waals surface area (Å²) in [7, 11) is 0. The first-order chi connectivity index (χ1) is 18.8. The van der Waals surface area contributed by atoms with E-state index in [1.807, 2.05) is 31.7 Å². The topological polar surface area (TPSA) is 115 Å². The molecule has 1 aromatic carbocycles. The van der Waals surface area contributed by atoms with E-state index in [0.717, 1.165) is 73.8 Å². The van der Waals surface area contributed by atoms with Crippen molar-refractivity contribution in [1.29, 1.82) is 5.41 Å². The lowest BCUT2D eigenvalue weighted by Crippen LogP contribution is -2.63. The predicted octanol–water partition coefficient (Wildman–Crippen LogP) is 4.03. The number of aliphatic hydroxyl groups is 1. The van der Waals surface area contributed by atoms with Crippen molar-refractivity contribution in [2.75, 3.05) is 49.9 Å². The van der Waals surface area contributed by atoms with Crippen molar-refractivity contribution in [3.05, 3.63) is 40.6 Å². The molecule has 0 bridgehead atoms. The highest BCUT2D eigenvalue weighted by Gasteiger charge is 2.54. The highest BCUT2D eigenvalue weighted by molar-refractivity contribution is 6.35. The molecule has 9 nitrogen and oxygen atoms in total. The van der Waals surface area contributed by atoms with E-state index in [-0.39, 0.29) is 23.4 Å². The smallest absolute Gasteiger partial charge is 0.245 e. The molecular weight excluding hydrogens is 526 g/mol. The second-order valence-corrected chi connectivity index (χ2v) is 13.2. The Hall–Kier alpha value is -2.88. The summed E-state index contributed by atoms with van der Waals surface area (Å²) in [5.41, 5.74) is 10.5. The van der Waals surface area contributed by atoms with E-state index in [9.17, 15) is 9.90 Å². The number of amides is 1. The van der Waals surface area contributed by atoms with E-state index in [2.05, 4.69) is 34.9 Å². The van der Waals surface area contributed by atoms with E-state index >= 15 is 0 Å². The number of likely N-dealkylation sites (tertiary alicyclic amines) is 1. The summed E-state index contributed by atoms with van der Waals surface area (Å²) in [6, 6.07) is 2.20. The minimum Gasteiger partial charge on any atom is -0.398 e. The van der Waals surface area contributed by atoms with Crippen LogP contribution in [0.1, 0.15) is 56.5 Å². The number of halogens is 1. The fourth-order valence-corrected chi connectivity index (χ4v) is 7.30. The molecule has 1 aromatic heterocycles. The van der Waals surface area contributed by atoms with E-state index in [1.165, 1.54) is 12.3 Å². The molecule has 3 fully saturated rings. The van der Waals surface area contributed by atoms with E-state index < -0.39 is 5.60 Å². The summed E-state index contributed by atoms with van der Waals surface area (Å²) >= 11 is 6.98. The Morgan fingerprint density at radius 2 is 1.98 bits per heavy atom. The Labute approximate surface area is 242 Å². The fraction of sp³-hybridized carbons (Fsp3) is 0.567. The minimum atomic E-state index is -0.760. The van der Waals surface area contributed by atoms with Gasteiger partial charge in [0.1, 0.15) is 0 Å². The molecule has 40 heavy (non-hydrogen) atoms. The summed E-state index contributed by atoms with van der Waals surface area (Å²) in [6.45, 7) is 18.0. The fourth-order valence-electron chi connectivity index (χ4n) is 7.04. The number of rotatable bonds is 7. The number of hydrogen-bond donors (Lipinski definition) is 3. The number of piperazine rings is 1. The lowest BCUT2D eigenvalue weighted by Gasteiger charge is -2.58. The summed E-state index contributed by atoms with van der Waals surface area (Å²) in [4.78, 5) is 18.5. The number of nitrogens with one attached hydrogen (secondary N) is 1. The molecule has 5 rings (SSSR count). The first kappa shape index (κ1) is 28.6. The number of carbonyl (C=O) groups excluding carboxylic acids is 1. The van der Waals surface area contributed by atoms with Crippen LogP contribution in [0.2, 0.25) is 5.02 Å². The zero-order valence-corrected chi connectivity index (χ0v) is 25.1. The Morgan fingerprint density at radius 1 is 1.30 bits per heavy atom. The molecule has 10 heteroatoms. The monoisotopic (exact) mass is 567 g/mol. The summed E-state index contributed by atoms with van der Waals surface area (Å²) < 4.78 is 2.15. The van der Waals surface area contributed by atoms with Crippen molar-refractivity contribution in [1.82, 2.24) is 19.6 Å². The quantitative estimate of drug-likeness (QED) is 0.264. The zero-order chi connectivity index (χ0) is 29.1. The van der Waals surface area contributed by atoms with Gasteiger partial charge in [0.05, 0.1) is 16.7 Å². The molecule has 1 aliphatic carbocycles. The van der Waals surface area contributed by atoms with Gasteiger partial charge >= 0.3 is 0 Å². The van der Waals surface area contributed by atoms with Gasteiger partial charge in [-0.05, 0) is 65.2 Å². The van der Waals surface area contributed by atoms with Crippen LogP contribution < -0.4 is 10.6 Å².